The topological polar surface area (TPSA) is 43.0 Å². The molecular formula is C22H28BrClN2O3. The fraction of sp³-hybridized carbons (Fsp3) is 0.455. The molecule has 0 amide bonds. The van der Waals surface area contributed by atoms with Crippen LogP contribution in [-0.4, -0.2) is 39.0 Å². The average Bonchev–Trinajstić information content (AvgIpc) is 2.69. The van der Waals surface area contributed by atoms with Crippen LogP contribution in [0.15, 0.2) is 34.8 Å². The molecule has 1 fully saturated rings. The van der Waals surface area contributed by atoms with Crippen molar-refractivity contribution in [2.24, 2.45) is 0 Å². The minimum atomic E-state index is 0.0807. The molecule has 0 bridgehead atoms. The number of morpholine rings is 1. The number of ether oxygens (including phenoxy) is 3. The molecule has 2 aromatic carbocycles. The molecule has 0 spiro atoms. The number of rotatable bonds is 8. The standard InChI is InChI=1S/C22H28BrClN2O3/c1-4-28-21-11-16(18(23)13-22(21)29-15(2)3)14-25-17-5-6-20(19(24)12-17)26-7-9-27-10-8-26/h5-6,11-13,15,25H,4,7-10,14H2,1-3H3. The van der Waals surface area contributed by atoms with E-state index in [1.807, 2.05) is 39.0 Å². The molecule has 1 aliphatic heterocycles. The second kappa shape index (κ2) is 10.4. The second-order valence-electron chi connectivity index (χ2n) is 7.11. The lowest BCUT2D eigenvalue weighted by Crippen LogP contribution is -2.36. The summed E-state index contributed by atoms with van der Waals surface area (Å²) in [7, 11) is 0. The van der Waals surface area contributed by atoms with Crippen molar-refractivity contribution >= 4 is 38.9 Å². The molecule has 2 aromatic rings. The van der Waals surface area contributed by atoms with Crippen LogP contribution < -0.4 is 19.7 Å². The zero-order valence-corrected chi connectivity index (χ0v) is 19.5. The van der Waals surface area contributed by atoms with Gasteiger partial charge in [-0.15, -0.1) is 0 Å². The van der Waals surface area contributed by atoms with E-state index in [9.17, 15) is 0 Å². The van der Waals surface area contributed by atoms with Crippen molar-refractivity contribution in [2.75, 3.05) is 43.1 Å². The van der Waals surface area contributed by atoms with Crippen LogP contribution in [-0.2, 0) is 11.3 Å². The lowest BCUT2D eigenvalue weighted by atomic mass is 10.2. The molecule has 1 N–H and O–H groups in total. The predicted octanol–water partition coefficient (Wildman–Crippen LogP) is 5.74. The highest BCUT2D eigenvalue weighted by atomic mass is 79.9. The van der Waals surface area contributed by atoms with Gasteiger partial charge in [-0.25, -0.2) is 0 Å². The molecule has 3 rings (SSSR count). The predicted molar refractivity (Wildman–Crippen MR) is 123 cm³/mol. The molecule has 5 nitrogen and oxygen atoms in total. The maximum atomic E-state index is 6.54. The molecule has 0 unspecified atom stereocenters. The number of nitrogens with zero attached hydrogens (tertiary/aromatic N) is 1. The lowest BCUT2D eigenvalue weighted by molar-refractivity contribution is 0.122. The zero-order valence-electron chi connectivity index (χ0n) is 17.1. The normalized spacial score (nSPS) is 14.2. The fourth-order valence-electron chi connectivity index (χ4n) is 3.20. The van der Waals surface area contributed by atoms with E-state index in [0.29, 0.717) is 13.2 Å². The van der Waals surface area contributed by atoms with Crippen molar-refractivity contribution in [1.29, 1.82) is 0 Å². The lowest BCUT2D eigenvalue weighted by Gasteiger charge is -2.29. The number of nitrogens with one attached hydrogen (secondary N) is 1. The largest absolute Gasteiger partial charge is 0.490 e. The maximum Gasteiger partial charge on any atom is 0.162 e. The van der Waals surface area contributed by atoms with Gasteiger partial charge in [-0.3, -0.25) is 0 Å². The summed E-state index contributed by atoms with van der Waals surface area (Å²) in [5, 5.41) is 4.19. The molecule has 158 valence electrons. The van der Waals surface area contributed by atoms with Gasteiger partial charge in [-0.05, 0) is 56.7 Å². The van der Waals surface area contributed by atoms with Gasteiger partial charge in [0.05, 0.1) is 36.6 Å². The summed E-state index contributed by atoms with van der Waals surface area (Å²) in [6.07, 6.45) is 0.0807. The smallest absolute Gasteiger partial charge is 0.162 e. The van der Waals surface area contributed by atoms with Crippen LogP contribution >= 0.6 is 27.5 Å². The molecule has 29 heavy (non-hydrogen) atoms. The first-order valence-corrected chi connectivity index (χ1v) is 11.1. The van der Waals surface area contributed by atoms with E-state index in [2.05, 4.69) is 38.3 Å². The minimum Gasteiger partial charge on any atom is -0.490 e. The molecule has 1 saturated heterocycles. The van der Waals surface area contributed by atoms with Gasteiger partial charge in [0, 0.05) is 29.8 Å². The SMILES string of the molecule is CCOc1cc(CNc2ccc(N3CCOCC3)c(Cl)c2)c(Br)cc1OC(C)C. The van der Waals surface area contributed by atoms with Gasteiger partial charge in [-0.1, -0.05) is 27.5 Å². The molecule has 7 heteroatoms. The highest BCUT2D eigenvalue weighted by molar-refractivity contribution is 9.10. The van der Waals surface area contributed by atoms with E-state index in [1.165, 1.54) is 0 Å². The third-order valence-electron chi connectivity index (χ3n) is 4.56. The van der Waals surface area contributed by atoms with Gasteiger partial charge < -0.3 is 24.4 Å². The summed E-state index contributed by atoms with van der Waals surface area (Å²) in [4.78, 5) is 2.26. The Labute approximate surface area is 186 Å². The van der Waals surface area contributed by atoms with E-state index >= 15 is 0 Å². The Morgan fingerprint density at radius 1 is 1.17 bits per heavy atom. The summed E-state index contributed by atoms with van der Waals surface area (Å²) in [6, 6.07) is 10.1. The van der Waals surface area contributed by atoms with Gasteiger partial charge in [0.1, 0.15) is 0 Å². The van der Waals surface area contributed by atoms with Crippen molar-refractivity contribution in [3.8, 4) is 11.5 Å². The van der Waals surface area contributed by atoms with Crippen LogP contribution in [0.2, 0.25) is 5.02 Å². The number of halogens is 2. The van der Waals surface area contributed by atoms with Crippen molar-refractivity contribution in [3.63, 3.8) is 0 Å². The van der Waals surface area contributed by atoms with E-state index in [0.717, 1.165) is 64.2 Å². The monoisotopic (exact) mass is 482 g/mol. The molecule has 0 aromatic heterocycles. The Bertz CT molecular complexity index is 826. The van der Waals surface area contributed by atoms with E-state index < -0.39 is 0 Å². The van der Waals surface area contributed by atoms with Gasteiger partial charge >= 0.3 is 0 Å². The van der Waals surface area contributed by atoms with Gasteiger partial charge in [0.25, 0.3) is 0 Å². The Morgan fingerprint density at radius 3 is 2.59 bits per heavy atom. The van der Waals surface area contributed by atoms with Gasteiger partial charge in [0.2, 0.25) is 0 Å². The number of anilines is 2. The summed E-state index contributed by atoms with van der Waals surface area (Å²) < 4.78 is 18.0. The molecule has 0 atom stereocenters. The highest BCUT2D eigenvalue weighted by Gasteiger charge is 2.15. The molecule has 1 aliphatic rings. The molecule has 1 heterocycles. The fourth-order valence-corrected chi connectivity index (χ4v) is 3.96. The zero-order chi connectivity index (χ0) is 20.8. The maximum absolute atomic E-state index is 6.54. The van der Waals surface area contributed by atoms with Crippen LogP contribution in [0.3, 0.4) is 0 Å². The highest BCUT2D eigenvalue weighted by Crippen LogP contribution is 2.35. The molecule has 0 radical (unpaired) electrons. The quantitative estimate of drug-likeness (QED) is 0.519. The second-order valence-corrected chi connectivity index (χ2v) is 8.37. The number of hydrogen-bond acceptors (Lipinski definition) is 5. The van der Waals surface area contributed by atoms with Crippen LogP contribution in [0.25, 0.3) is 0 Å². The van der Waals surface area contributed by atoms with Crippen molar-refractivity contribution in [2.45, 2.75) is 33.4 Å². The van der Waals surface area contributed by atoms with Crippen LogP contribution in [0.1, 0.15) is 26.3 Å². The van der Waals surface area contributed by atoms with Gasteiger partial charge in [0.15, 0.2) is 11.5 Å². The Balaban J connectivity index is 1.71. The third-order valence-corrected chi connectivity index (χ3v) is 5.60. The first kappa shape index (κ1) is 22.1. The molecule has 0 saturated carbocycles. The van der Waals surface area contributed by atoms with Crippen LogP contribution in [0.4, 0.5) is 11.4 Å². The van der Waals surface area contributed by atoms with Crippen molar-refractivity contribution in [3.05, 3.63) is 45.4 Å². The van der Waals surface area contributed by atoms with E-state index in [-0.39, 0.29) is 6.10 Å². The molecular weight excluding hydrogens is 456 g/mol. The van der Waals surface area contributed by atoms with E-state index in [1.54, 1.807) is 0 Å². The Hall–Kier alpha value is -1.63. The number of hydrogen-bond donors (Lipinski definition) is 1. The third kappa shape index (κ3) is 5.93. The van der Waals surface area contributed by atoms with Crippen molar-refractivity contribution in [1.82, 2.24) is 0 Å². The first-order chi connectivity index (χ1) is 14.0. The number of benzene rings is 2. The van der Waals surface area contributed by atoms with E-state index in [4.69, 9.17) is 25.8 Å². The Kier molecular flexibility index (Phi) is 7.92. The van der Waals surface area contributed by atoms with Crippen LogP contribution in [0.5, 0.6) is 11.5 Å². The summed E-state index contributed by atoms with van der Waals surface area (Å²) >= 11 is 10.2. The summed E-state index contributed by atoms with van der Waals surface area (Å²) in [5.74, 6) is 1.50. The minimum absolute atomic E-state index is 0.0807. The molecule has 0 aliphatic carbocycles. The average molecular weight is 484 g/mol. The summed E-state index contributed by atoms with van der Waals surface area (Å²) in [5.41, 5.74) is 3.10. The van der Waals surface area contributed by atoms with Crippen LogP contribution in [0, 0.1) is 0 Å². The summed E-state index contributed by atoms with van der Waals surface area (Å²) in [6.45, 7) is 10.4. The van der Waals surface area contributed by atoms with Gasteiger partial charge in [-0.2, -0.15) is 0 Å². The Morgan fingerprint density at radius 2 is 1.93 bits per heavy atom. The van der Waals surface area contributed by atoms with Crippen molar-refractivity contribution < 1.29 is 14.2 Å². The first-order valence-electron chi connectivity index (χ1n) is 9.96.